The highest BCUT2D eigenvalue weighted by atomic mass is 16.1. The summed E-state index contributed by atoms with van der Waals surface area (Å²) in [5.41, 5.74) is 6.93. The molecule has 40 heavy (non-hydrogen) atoms. The summed E-state index contributed by atoms with van der Waals surface area (Å²) in [6, 6.07) is 27.0. The zero-order valence-corrected chi connectivity index (χ0v) is 22.7. The van der Waals surface area contributed by atoms with Crippen molar-refractivity contribution in [1.82, 2.24) is 24.6 Å². The molecule has 1 aliphatic carbocycles. The largest absolute Gasteiger partial charge is 0.354 e. The maximum Gasteiger partial charge on any atom is 0.236 e. The van der Waals surface area contributed by atoms with Crippen molar-refractivity contribution >= 4 is 28.5 Å². The molecule has 0 bridgehead atoms. The standard InChI is InChI=1S/C33H34N6O/c40-31(36-32-26-12-5-3-10-24(26)25-11-4-6-13-27(25)32)16-2-1-9-18-37-20-22-38(23-21-37)30-17-19-39-29-15-8-7-14-28(29)34-33(39)35-30/h3-8,10-15,17,19,32H,1-2,9,16,18,20-23H2,(H,36,40). The number of hydrogen-bond donors (Lipinski definition) is 1. The second kappa shape index (κ2) is 10.7. The molecule has 0 radical (unpaired) electrons. The van der Waals surface area contributed by atoms with Crippen molar-refractivity contribution < 1.29 is 4.79 Å². The van der Waals surface area contributed by atoms with E-state index < -0.39 is 0 Å². The zero-order chi connectivity index (χ0) is 26.9. The number of carbonyl (C=O) groups is 1. The van der Waals surface area contributed by atoms with Gasteiger partial charge in [-0.25, -0.2) is 4.98 Å². The fourth-order valence-electron chi connectivity index (χ4n) is 6.26. The van der Waals surface area contributed by atoms with Gasteiger partial charge in [0.05, 0.1) is 17.1 Å². The van der Waals surface area contributed by atoms with E-state index in [1.807, 2.05) is 18.2 Å². The number of fused-ring (bicyclic) bond motifs is 6. The van der Waals surface area contributed by atoms with Crippen molar-refractivity contribution in [1.29, 1.82) is 0 Å². The van der Waals surface area contributed by atoms with Gasteiger partial charge in [0, 0.05) is 38.8 Å². The molecule has 2 aromatic heterocycles. The molecule has 1 N–H and O–H groups in total. The van der Waals surface area contributed by atoms with Crippen LogP contribution in [0.4, 0.5) is 5.82 Å². The second-order valence-corrected chi connectivity index (χ2v) is 10.9. The Kier molecular flexibility index (Phi) is 6.65. The van der Waals surface area contributed by atoms with Gasteiger partial charge >= 0.3 is 0 Å². The van der Waals surface area contributed by atoms with Gasteiger partial charge in [-0.15, -0.1) is 0 Å². The Morgan fingerprint density at radius 1 is 0.775 bits per heavy atom. The zero-order valence-electron chi connectivity index (χ0n) is 22.7. The number of amides is 1. The maximum atomic E-state index is 12.8. The van der Waals surface area contributed by atoms with Gasteiger partial charge in [0.25, 0.3) is 0 Å². The van der Waals surface area contributed by atoms with E-state index in [2.05, 4.69) is 86.4 Å². The molecule has 1 saturated heterocycles. The van der Waals surface area contributed by atoms with Crippen molar-refractivity contribution in [2.45, 2.75) is 31.7 Å². The van der Waals surface area contributed by atoms with Crippen LogP contribution in [0, 0.1) is 0 Å². The number of benzene rings is 3. The Labute approximate surface area is 234 Å². The fourth-order valence-corrected chi connectivity index (χ4v) is 6.26. The van der Waals surface area contributed by atoms with E-state index in [0.29, 0.717) is 6.42 Å². The molecule has 3 aromatic carbocycles. The lowest BCUT2D eigenvalue weighted by molar-refractivity contribution is -0.121. The predicted octanol–water partition coefficient (Wildman–Crippen LogP) is 5.45. The van der Waals surface area contributed by atoms with Crippen molar-refractivity contribution in [3.8, 4) is 11.1 Å². The molecular weight excluding hydrogens is 496 g/mol. The highest BCUT2D eigenvalue weighted by Crippen LogP contribution is 2.43. The summed E-state index contributed by atoms with van der Waals surface area (Å²) in [7, 11) is 0. The number of hydrogen-bond acceptors (Lipinski definition) is 5. The van der Waals surface area contributed by atoms with Gasteiger partial charge in [0.1, 0.15) is 5.82 Å². The topological polar surface area (TPSA) is 65.8 Å². The third-order valence-corrected chi connectivity index (χ3v) is 8.38. The number of unbranched alkanes of at least 4 members (excludes halogenated alkanes) is 2. The van der Waals surface area contributed by atoms with Crippen molar-refractivity contribution in [3.05, 3.63) is 96.2 Å². The van der Waals surface area contributed by atoms with E-state index in [1.54, 1.807) is 0 Å². The molecule has 202 valence electrons. The van der Waals surface area contributed by atoms with E-state index in [-0.39, 0.29) is 11.9 Å². The predicted molar refractivity (Wildman–Crippen MR) is 159 cm³/mol. The lowest BCUT2D eigenvalue weighted by atomic mass is 10.0. The molecule has 0 unspecified atom stereocenters. The van der Waals surface area contributed by atoms with Gasteiger partial charge < -0.3 is 10.2 Å². The Bertz CT molecular complexity index is 1620. The highest BCUT2D eigenvalue weighted by molar-refractivity contribution is 5.83. The average molecular weight is 531 g/mol. The lowest BCUT2D eigenvalue weighted by Crippen LogP contribution is -2.46. The van der Waals surface area contributed by atoms with E-state index in [9.17, 15) is 4.79 Å². The normalized spacial score (nSPS) is 15.4. The molecule has 0 spiro atoms. The Balaban J connectivity index is 0.855. The molecule has 7 heteroatoms. The van der Waals surface area contributed by atoms with E-state index >= 15 is 0 Å². The minimum Gasteiger partial charge on any atom is -0.354 e. The van der Waals surface area contributed by atoms with Crippen LogP contribution in [-0.2, 0) is 4.79 Å². The third kappa shape index (κ3) is 4.71. The van der Waals surface area contributed by atoms with Gasteiger partial charge in [-0.1, -0.05) is 67.1 Å². The van der Waals surface area contributed by atoms with Gasteiger partial charge in [-0.05, 0) is 59.8 Å². The molecule has 0 saturated carbocycles. The average Bonchev–Trinajstić information content (AvgIpc) is 3.53. The molecule has 7 rings (SSSR count). The number of para-hydroxylation sites is 2. The number of rotatable bonds is 8. The van der Waals surface area contributed by atoms with Crippen LogP contribution in [-0.4, -0.2) is 57.9 Å². The Morgan fingerprint density at radius 2 is 1.48 bits per heavy atom. The molecule has 7 nitrogen and oxygen atoms in total. The van der Waals surface area contributed by atoms with Crippen molar-refractivity contribution in [2.75, 3.05) is 37.6 Å². The minimum atomic E-state index is -0.0426. The third-order valence-electron chi connectivity index (χ3n) is 8.38. The van der Waals surface area contributed by atoms with Crippen LogP contribution < -0.4 is 10.2 Å². The summed E-state index contributed by atoms with van der Waals surface area (Å²) in [5, 5.41) is 3.30. The SMILES string of the molecule is O=C(CCCCCN1CCN(c2ccn3c(n2)nc2ccccc23)CC1)NC1c2ccccc2-c2ccccc21. The van der Waals surface area contributed by atoms with Crippen LogP contribution in [0.15, 0.2) is 85.1 Å². The van der Waals surface area contributed by atoms with Crippen LogP contribution in [0.1, 0.15) is 42.9 Å². The maximum absolute atomic E-state index is 12.8. The molecular formula is C33H34N6O. The van der Waals surface area contributed by atoms with Crippen molar-refractivity contribution in [2.24, 2.45) is 0 Å². The smallest absolute Gasteiger partial charge is 0.236 e. The number of anilines is 1. The van der Waals surface area contributed by atoms with Crippen LogP contribution >= 0.6 is 0 Å². The molecule has 3 heterocycles. The van der Waals surface area contributed by atoms with Crippen LogP contribution in [0.3, 0.4) is 0 Å². The van der Waals surface area contributed by atoms with Crippen LogP contribution in [0.25, 0.3) is 27.9 Å². The van der Waals surface area contributed by atoms with E-state index in [4.69, 9.17) is 9.97 Å². The summed E-state index contributed by atoms with van der Waals surface area (Å²) in [6.07, 6.45) is 5.76. The quantitative estimate of drug-likeness (QED) is 0.270. The first-order valence-electron chi connectivity index (χ1n) is 14.4. The summed E-state index contributed by atoms with van der Waals surface area (Å²) in [6.45, 7) is 5.08. The molecule has 1 aliphatic heterocycles. The summed E-state index contributed by atoms with van der Waals surface area (Å²) >= 11 is 0. The van der Waals surface area contributed by atoms with Crippen molar-refractivity contribution in [3.63, 3.8) is 0 Å². The van der Waals surface area contributed by atoms with Crippen LogP contribution in [0.2, 0.25) is 0 Å². The first kappa shape index (κ1) is 24.8. The fraction of sp³-hybridized carbons (Fsp3) is 0.303. The molecule has 1 amide bonds. The van der Waals surface area contributed by atoms with Crippen LogP contribution in [0.5, 0.6) is 0 Å². The van der Waals surface area contributed by atoms with Gasteiger partial charge in [0.15, 0.2) is 0 Å². The first-order chi connectivity index (χ1) is 19.7. The number of piperazine rings is 1. The number of nitrogens with one attached hydrogen (secondary N) is 1. The van der Waals surface area contributed by atoms with Gasteiger partial charge in [-0.2, -0.15) is 4.98 Å². The Morgan fingerprint density at radius 3 is 2.25 bits per heavy atom. The number of imidazole rings is 1. The molecule has 0 atom stereocenters. The summed E-state index contributed by atoms with van der Waals surface area (Å²) in [4.78, 5) is 27.3. The minimum absolute atomic E-state index is 0.0426. The number of aromatic nitrogens is 3. The summed E-state index contributed by atoms with van der Waals surface area (Å²) < 4.78 is 2.06. The van der Waals surface area contributed by atoms with E-state index in [0.717, 1.165) is 74.6 Å². The first-order valence-corrected chi connectivity index (χ1v) is 14.4. The molecule has 2 aliphatic rings. The second-order valence-electron chi connectivity index (χ2n) is 10.9. The van der Waals surface area contributed by atoms with Gasteiger partial charge in [0.2, 0.25) is 11.7 Å². The number of nitrogens with zero attached hydrogens (tertiary/aromatic N) is 5. The monoisotopic (exact) mass is 530 g/mol. The van der Waals surface area contributed by atoms with E-state index in [1.165, 1.54) is 22.3 Å². The highest BCUT2D eigenvalue weighted by Gasteiger charge is 2.29. The molecule has 5 aromatic rings. The Hall–Kier alpha value is -4.23. The summed E-state index contributed by atoms with van der Waals surface area (Å²) in [5.74, 6) is 1.90. The number of carbonyl (C=O) groups excluding carboxylic acids is 1. The lowest BCUT2D eigenvalue weighted by Gasteiger charge is -2.35. The van der Waals surface area contributed by atoms with Gasteiger partial charge in [-0.3, -0.25) is 14.1 Å². The molecule has 1 fully saturated rings.